The molecule has 0 spiro atoms. The highest BCUT2D eigenvalue weighted by molar-refractivity contribution is 5.19. The van der Waals surface area contributed by atoms with Crippen molar-refractivity contribution in [1.82, 2.24) is 0 Å². The summed E-state index contributed by atoms with van der Waals surface area (Å²) in [6.07, 6.45) is -8.50. The highest BCUT2D eigenvalue weighted by Gasteiger charge is 2.58. The molecule has 4 rings (SSSR count). The Morgan fingerprint density at radius 1 is 0.800 bits per heavy atom. The van der Waals surface area contributed by atoms with Gasteiger partial charge in [0.2, 0.25) is 0 Å². The second kappa shape index (κ2) is 15.2. The molecule has 0 amide bonds. The molecular weight excluding hydrogens is 592 g/mol. The number of hydrogen-bond donors (Lipinski definition) is 9. The maximum absolute atomic E-state index is 11.4. The molecule has 4 fully saturated rings. The third-order valence-corrected chi connectivity index (χ3v) is 11.2. The van der Waals surface area contributed by atoms with Crippen LogP contribution in [0.2, 0.25) is 0 Å². The number of fused-ring (bicyclic) bond motifs is 1. The zero-order valence-corrected chi connectivity index (χ0v) is 26.7. The average Bonchev–Trinajstić information content (AvgIpc) is 2.99. The lowest BCUT2D eigenvalue weighted by atomic mass is 9.46. The first-order valence-corrected chi connectivity index (χ1v) is 16.4. The highest BCUT2D eigenvalue weighted by Crippen LogP contribution is 2.62. The van der Waals surface area contributed by atoms with Gasteiger partial charge in [0.05, 0.1) is 32.5 Å². The maximum atomic E-state index is 11.4. The van der Waals surface area contributed by atoms with Crippen molar-refractivity contribution in [3.8, 4) is 0 Å². The Hall–Kier alpha value is -0.780. The molecule has 13 nitrogen and oxygen atoms in total. The van der Waals surface area contributed by atoms with Crippen LogP contribution in [-0.2, 0) is 18.9 Å². The molecule has 45 heavy (non-hydrogen) atoms. The Kier molecular flexibility index (Phi) is 12.5. The molecule has 2 aliphatic heterocycles. The van der Waals surface area contributed by atoms with Crippen LogP contribution in [0.1, 0.15) is 65.7 Å². The van der Waals surface area contributed by atoms with Gasteiger partial charge in [-0.2, -0.15) is 0 Å². The van der Waals surface area contributed by atoms with E-state index >= 15 is 0 Å². The molecular formula is C32H56O13. The molecule has 16 atom stereocenters. The van der Waals surface area contributed by atoms with Gasteiger partial charge in [-0.05, 0) is 60.7 Å². The van der Waals surface area contributed by atoms with E-state index in [1.54, 1.807) is 0 Å². The molecule has 2 saturated heterocycles. The number of ether oxygens (including phenoxy) is 4. The van der Waals surface area contributed by atoms with Crippen LogP contribution in [0.25, 0.3) is 0 Å². The highest BCUT2D eigenvalue weighted by atomic mass is 16.7. The summed E-state index contributed by atoms with van der Waals surface area (Å²) in [7, 11) is 0. The summed E-state index contributed by atoms with van der Waals surface area (Å²) in [5.41, 5.74) is 0.271. The van der Waals surface area contributed by atoms with Crippen molar-refractivity contribution in [3.63, 3.8) is 0 Å². The lowest BCUT2D eigenvalue weighted by Gasteiger charge is -2.60. The van der Waals surface area contributed by atoms with Gasteiger partial charge in [-0.15, -0.1) is 0 Å². The van der Waals surface area contributed by atoms with Gasteiger partial charge >= 0.3 is 0 Å². The fraction of sp³-hybridized carbons (Fsp3) is 0.938. The van der Waals surface area contributed by atoms with Crippen LogP contribution in [-0.4, -0.2) is 140 Å². The van der Waals surface area contributed by atoms with E-state index in [4.69, 9.17) is 18.9 Å². The van der Waals surface area contributed by atoms with E-state index in [9.17, 15) is 46.0 Å². The molecule has 2 heterocycles. The quantitative estimate of drug-likeness (QED) is 0.118. The van der Waals surface area contributed by atoms with Gasteiger partial charge in [0.25, 0.3) is 0 Å². The third kappa shape index (κ3) is 7.61. The lowest BCUT2D eigenvalue weighted by Crippen LogP contribution is -2.61. The van der Waals surface area contributed by atoms with E-state index in [1.165, 1.54) is 0 Å². The number of hydrogen-bond acceptors (Lipinski definition) is 13. The van der Waals surface area contributed by atoms with E-state index in [2.05, 4.69) is 27.4 Å². The Morgan fingerprint density at radius 2 is 1.36 bits per heavy atom. The van der Waals surface area contributed by atoms with Crippen molar-refractivity contribution < 1.29 is 64.9 Å². The Balaban J connectivity index is 1.35. The minimum atomic E-state index is -1.53. The summed E-state index contributed by atoms with van der Waals surface area (Å²) in [5, 5.41) is 91.4. The van der Waals surface area contributed by atoms with Gasteiger partial charge in [-0.25, -0.2) is 0 Å². The maximum Gasteiger partial charge on any atom is 0.186 e. The van der Waals surface area contributed by atoms with Crippen LogP contribution in [0.3, 0.4) is 0 Å². The summed E-state index contributed by atoms with van der Waals surface area (Å²) >= 11 is 0. The van der Waals surface area contributed by atoms with Crippen LogP contribution < -0.4 is 0 Å². The first-order valence-electron chi connectivity index (χ1n) is 16.4. The standard InChI is InChI=1S/C32H56O13/c1-16(8-11-42-29-26(40)24(38)22(36)20(13-33)44-29)6-7-18-17(2)12-19(35)28-31(3,9-5-10-32(18,28)4)15-43-30-27(41)25(39)23(37)21(14-34)45-30/h16,18-30,33-41H,2,5-15H2,1,3-4H3. The van der Waals surface area contributed by atoms with Crippen molar-refractivity contribution in [2.45, 2.75) is 133 Å². The second-order valence-corrected chi connectivity index (χ2v) is 14.5. The van der Waals surface area contributed by atoms with Crippen LogP contribution in [0.4, 0.5) is 0 Å². The topological polar surface area (TPSA) is 219 Å². The van der Waals surface area contributed by atoms with Crippen LogP contribution in [0.5, 0.6) is 0 Å². The van der Waals surface area contributed by atoms with E-state index < -0.39 is 86.1 Å². The molecule has 262 valence electrons. The van der Waals surface area contributed by atoms with Gasteiger partial charge in [0.1, 0.15) is 48.8 Å². The molecule has 16 unspecified atom stereocenters. The van der Waals surface area contributed by atoms with E-state index in [0.29, 0.717) is 12.8 Å². The van der Waals surface area contributed by atoms with Gasteiger partial charge in [-0.3, -0.25) is 0 Å². The summed E-state index contributed by atoms with van der Waals surface area (Å²) in [6.45, 7) is 10.1. The normalized spacial score (nSPS) is 48.2. The van der Waals surface area contributed by atoms with Crippen molar-refractivity contribution in [2.24, 2.45) is 28.6 Å². The predicted molar refractivity (Wildman–Crippen MR) is 159 cm³/mol. The zero-order valence-electron chi connectivity index (χ0n) is 26.7. The predicted octanol–water partition coefficient (Wildman–Crippen LogP) is -0.824. The Bertz CT molecular complexity index is 965. The summed E-state index contributed by atoms with van der Waals surface area (Å²) in [4.78, 5) is 0. The van der Waals surface area contributed by atoms with E-state index in [-0.39, 0.29) is 36.4 Å². The van der Waals surface area contributed by atoms with Crippen LogP contribution >= 0.6 is 0 Å². The van der Waals surface area contributed by atoms with E-state index in [1.807, 2.05) is 0 Å². The molecule has 0 bridgehead atoms. The summed E-state index contributed by atoms with van der Waals surface area (Å²) < 4.78 is 22.8. The average molecular weight is 649 g/mol. The summed E-state index contributed by atoms with van der Waals surface area (Å²) in [5.74, 6) is 0.247. The summed E-state index contributed by atoms with van der Waals surface area (Å²) in [6, 6.07) is 0. The molecule has 2 aliphatic carbocycles. The number of aliphatic hydroxyl groups excluding tert-OH is 9. The van der Waals surface area contributed by atoms with Crippen molar-refractivity contribution in [1.29, 1.82) is 0 Å². The first-order chi connectivity index (χ1) is 21.2. The van der Waals surface area contributed by atoms with Crippen molar-refractivity contribution in [2.75, 3.05) is 26.4 Å². The molecule has 4 aliphatic rings. The van der Waals surface area contributed by atoms with Crippen LogP contribution in [0.15, 0.2) is 12.2 Å². The Labute approximate surface area is 265 Å². The van der Waals surface area contributed by atoms with E-state index in [0.717, 1.165) is 37.7 Å². The van der Waals surface area contributed by atoms with Crippen molar-refractivity contribution in [3.05, 3.63) is 12.2 Å². The van der Waals surface area contributed by atoms with Gasteiger partial charge in [0.15, 0.2) is 12.6 Å². The third-order valence-electron chi connectivity index (χ3n) is 11.2. The molecule has 0 aromatic carbocycles. The second-order valence-electron chi connectivity index (χ2n) is 14.5. The molecule has 13 heteroatoms. The fourth-order valence-corrected chi connectivity index (χ4v) is 8.63. The molecule has 9 N–H and O–H groups in total. The van der Waals surface area contributed by atoms with Crippen LogP contribution in [0, 0.1) is 28.6 Å². The zero-order chi connectivity index (χ0) is 33.3. The lowest BCUT2D eigenvalue weighted by molar-refractivity contribution is -0.310. The van der Waals surface area contributed by atoms with Gasteiger partial charge < -0.3 is 64.9 Å². The minimum absolute atomic E-state index is 0.135. The smallest absolute Gasteiger partial charge is 0.186 e. The molecule has 2 saturated carbocycles. The monoisotopic (exact) mass is 648 g/mol. The largest absolute Gasteiger partial charge is 0.394 e. The van der Waals surface area contributed by atoms with Gasteiger partial charge in [0, 0.05) is 0 Å². The first kappa shape index (κ1) is 37.0. The van der Waals surface area contributed by atoms with Crippen molar-refractivity contribution >= 4 is 0 Å². The SMILES string of the molecule is C=C1CC(O)C2C(C)(COC3OC(CO)C(O)C(O)C3O)CCCC2(C)C1CCC(C)CCOC1OC(CO)C(O)C(O)C1O. The molecule has 0 aromatic heterocycles. The number of rotatable bonds is 12. The molecule has 0 radical (unpaired) electrons. The number of aliphatic hydroxyl groups is 9. The fourth-order valence-electron chi connectivity index (χ4n) is 8.63. The van der Waals surface area contributed by atoms with Gasteiger partial charge in [-0.1, -0.05) is 45.8 Å². The minimum Gasteiger partial charge on any atom is -0.394 e. The molecule has 0 aromatic rings. The Morgan fingerprint density at radius 3 is 1.91 bits per heavy atom.